The molecular weight excluding hydrogens is 276 g/mol. The van der Waals surface area contributed by atoms with Crippen molar-refractivity contribution >= 4 is 23.2 Å². The number of halogens is 1. The van der Waals surface area contributed by atoms with E-state index in [9.17, 15) is 4.79 Å². The highest BCUT2D eigenvalue weighted by Gasteiger charge is 2.09. The minimum absolute atomic E-state index is 0.344. The van der Waals surface area contributed by atoms with Crippen molar-refractivity contribution in [2.75, 3.05) is 5.73 Å². The summed E-state index contributed by atoms with van der Waals surface area (Å²) in [5, 5.41) is 0.705. The predicted molar refractivity (Wildman–Crippen MR) is 80.4 cm³/mol. The third-order valence-corrected chi connectivity index (χ3v) is 3.53. The van der Waals surface area contributed by atoms with Crippen molar-refractivity contribution < 1.29 is 9.53 Å². The van der Waals surface area contributed by atoms with Crippen molar-refractivity contribution in [3.63, 3.8) is 0 Å². The molecule has 1 amide bonds. The average molecular weight is 291 g/mol. The number of aryl methyl sites for hydroxylation is 2. The lowest BCUT2D eigenvalue weighted by molar-refractivity contribution is 0.1000. The van der Waals surface area contributed by atoms with Crippen molar-refractivity contribution in [1.29, 1.82) is 0 Å². The van der Waals surface area contributed by atoms with Gasteiger partial charge in [0, 0.05) is 10.6 Å². The molecule has 0 aliphatic carbocycles. The molecule has 0 saturated carbocycles. The number of anilines is 1. The van der Waals surface area contributed by atoms with E-state index in [0.717, 1.165) is 11.1 Å². The zero-order chi connectivity index (χ0) is 14.9. The number of amides is 1. The first kappa shape index (κ1) is 14.2. The normalized spacial score (nSPS) is 10.3. The fourth-order valence-corrected chi connectivity index (χ4v) is 1.98. The Balaban J connectivity index is 2.39. The Labute approximate surface area is 122 Å². The molecular formula is C15H15ClN2O2. The standard InChI is InChI=1S/C15H15ClN2O2/c1-8-5-11(6-9(2)14(8)16)20-13-7-10(15(18)19)3-4-12(13)17/h3-7H,17H2,1-2H3,(H2,18,19). The summed E-state index contributed by atoms with van der Waals surface area (Å²) in [7, 11) is 0. The van der Waals surface area contributed by atoms with E-state index < -0.39 is 5.91 Å². The van der Waals surface area contributed by atoms with E-state index in [4.69, 9.17) is 27.8 Å². The van der Waals surface area contributed by atoms with Crippen LogP contribution in [0, 0.1) is 13.8 Å². The first-order valence-electron chi connectivity index (χ1n) is 6.02. The second-order valence-corrected chi connectivity index (χ2v) is 4.97. The number of ether oxygens (including phenoxy) is 1. The van der Waals surface area contributed by atoms with Crippen molar-refractivity contribution in [3.8, 4) is 11.5 Å². The number of carbonyl (C=O) groups is 1. The Bertz CT molecular complexity index is 661. The van der Waals surface area contributed by atoms with Gasteiger partial charge in [0.25, 0.3) is 0 Å². The van der Waals surface area contributed by atoms with Crippen LogP contribution in [0.3, 0.4) is 0 Å². The zero-order valence-electron chi connectivity index (χ0n) is 11.2. The highest BCUT2D eigenvalue weighted by Crippen LogP contribution is 2.32. The zero-order valence-corrected chi connectivity index (χ0v) is 12.0. The summed E-state index contributed by atoms with van der Waals surface area (Å²) < 4.78 is 5.73. The van der Waals surface area contributed by atoms with Gasteiger partial charge < -0.3 is 16.2 Å². The molecule has 0 saturated heterocycles. The first-order valence-corrected chi connectivity index (χ1v) is 6.40. The number of rotatable bonds is 3. The van der Waals surface area contributed by atoms with Crippen LogP contribution < -0.4 is 16.2 Å². The van der Waals surface area contributed by atoms with Gasteiger partial charge in [-0.3, -0.25) is 4.79 Å². The highest BCUT2D eigenvalue weighted by molar-refractivity contribution is 6.32. The fourth-order valence-electron chi connectivity index (χ4n) is 1.87. The molecule has 2 rings (SSSR count). The fraction of sp³-hybridized carbons (Fsp3) is 0.133. The molecule has 2 aromatic carbocycles. The Kier molecular flexibility index (Phi) is 3.86. The van der Waals surface area contributed by atoms with Crippen LogP contribution in [0.2, 0.25) is 5.02 Å². The molecule has 0 unspecified atom stereocenters. The molecule has 4 N–H and O–H groups in total. The Morgan fingerprint density at radius 3 is 2.30 bits per heavy atom. The molecule has 0 fully saturated rings. The maximum Gasteiger partial charge on any atom is 0.248 e. The van der Waals surface area contributed by atoms with Crippen LogP contribution >= 0.6 is 11.6 Å². The first-order chi connectivity index (χ1) is 9.38. The maximum atomic E-state index is 11.2. The topological polar surface area (TPSA) is 78.3 Å². The predicted octanol–water partition coefficient (Wildman–Crippen LogP) is 3.43. The van der Waals surface area contributed by atoms with Crippen LogP contribution in [-0.4, -0.2) is 5.91 Å². The smallest absolute Gasteiger partial charge is 0.248 e. The number of carbonyl (C=O) groups excluding carboxylic acids is 1. The number of primary amides is 1. The summed E-state index contributed by atoms with van der Waals surface area (Å²) in [5.41, 5.74) is 13.7. The quantitative estimate of drug-likeness (QED) is 0.850. The number of nitrogen functional groups attached to an aromatic ring is 1. The van der Waals surface area contributed by atoms with Gasteiger partial charge in [0.1, 0.15) is 5.75 Å². The van der Waals surface area contributed by atoms with Gasteiger partial charge in [-0.1, -0.05) is 11.6 Å². The molecule has 2 aromatic rings. The molecule has 0 aliphatic heterocycles. The van der Waals surface area contributed by atoms with Crippen LogP contribution in [-0.2, 0) is 0 Å². The van der Waals surface area contributed by atoms with Crippen LogP contribution in [0.25, 0.3) is 0 Å². The number of hydrogen-bond donors (Lipinski definition) is 2. The summed E-state index contributed by atoms with van der Waals surface area (Å²) in [6.07, 6.45) is 0. The van der Waals surface area contributed by atoms with Crippen molar-refractivity contribution in [2.45, 2.75) is 13.8 Å². The van der Waals surface area contributed by atoms with Crippen LogP contribution in [0.1, 0.15) is 21.5 Å². The minimum Gasteiger partial charge on any atom is -0.455 e. The van der Waals surface area contributed by atoms with E-state index in [1.54, 1.807) is 12.1 Å². The Hall–Kier alpha value is -2.20. The van der Waals surface area contributed by atoms with Gasteiger partial charge in [0.15, 0.2) is 5.75 Å². The van der Waals surface area contributed by atoms with E-state index in [1.165, 1.54) is 6.07 Å². The summed E-state index contributed by atoms with van der Waals surface area (Å²) in [5.74, 6) is 0.471. The molecule has 0 bridgehead atoms. The van der Waals surface area contributed by atoms with E-state index in [2.05, 4.69) is 0 Å². The lowest BCUT2D eigenvalue weighted by Gasteiger charge is -2.12. The van der Waals surface area contributed by atoms with Crippen molar-refractivity contribution in [2.24, 2.45) is 5.73 Å². The number of hydrogen-bond acceptors (Lipinski definition) is 3. The Morgan fingerprint density at radius 1 is 1.15 bits per heavy atom. The monoisotopic (exact) mass is 290 g/mol. The molecule has 0 atom stereocenters. The lowest BCUT2D eigenvalue weighted by atomic mass is 10.1. The second kappa shape index (κ2) is 5.43. The molecule has 0 heterocycles. The molecule has 0 aliphatic rings. The molecule has 0 radical (unpaired) electrons. The number of nitrogens with two attached hydrogens (primary N) is 2. The summed E-state index contributed by atoms with van der Waals surface area (Å²) in [6, 6.07) is 8.29. The summed E-state index contributed by atoms with van der Waals surface area (Å²) in [4.78, 5) is 11.2. The van der Waals surface area contributed by atoms with Gasteiger partial charge in [-0.25, -0.2) is 0 Å². The Morgan fingerprint density at radius 2 is 1.75 bits per heavy atom. The summed E-state index contributed by atoms with van der Waals surface area (Å²) in [6.45, 7) is 3.79. The molecule has 104 valence electrons. The van der Waals surface area contributed by atoms with Gasteiger partial charge in [0.2, 0.25) is 5.91 Å². The SMILES string of the molecule is Cc1cc(Oc2cc(C(N)=O)ccc2N)cc(C)c1Cl. The third kappa shape index (κ3) is 2.86. The van der Waals surface area contributed by atoms with Crippen LogP contribution in [0.4, 0.5) is 5.69 Å². The molecule has 0 aromatic heterocycles. The van der Waals surface area contributed by atoms with Crippen molar-refractivity contribution in [3.05, 3.63) is 52.0 Å². The lowest BCUT2D eigenvalue weighted by Crippen LogP contribution is -2.11. The average Bonchev–Trinajstić information content (AvgIpc) is 2.38. The van der Waals surface area contributed by atoms with E-state index in [1.807, 2.05) is 26.0 Å². The van der Waals surface area contributed by atoms with E-state index in [0.29, 0.717) is 27.8 Å². The van der Waals surface area contributed by atoms with Gasteiger partial charge >= 0.3 is 0 Å². The van der Waals surface area contributed by atoms with E-state index >= 15 is 0 Å². The molecule has 0 spiro atoms. The van der Waals surface area contributed by atoms with Crippen LogP contribution in [0.5, 0.6) is 11.5 Å². The van der Waals surface area contributed by atoms with E-state index in [-0.39, 0.29) is 0 Å². The molecule has 5 heteroatoms. The van der Waals surface area contributed by atoms with Crippen molar-refractivity contribution in [1.82, 2.24) is 0 Å². The second-order valence-electron chi connectivity index (χ2n) is 4.59. The largest absolute Gasteiger partial charge is 0.455 e. The van der Waals surface area contributed by atoms with Gasteiger partial charge in [-0.15, -0.1) is 0 Å². The molecule has 4 nitrogen and oxygen atoms in total. The summed E-state index contributed by atoms with van der Waals surface area (Å²) >= 11 is 6.11. The minimum atomic E-state index is -0.529. The highest BCUT2D eigenvalue weighted by atomic mass is 35.5. The van der Waals surface area contributed by atoms with Crippen LogP contribution in [0.15, 0.2) is 30.3 Å². The number of benzene rings is 2. The van der Waals surface area contributed by atoms with Gasteiger partial charge in [-0.2, -0.15) is 0 Å². The maximum absolute atomic E-state index is 11.2. The third-order valence-electron chi connectivity index (χ3n) is 2.94. The molecule has 20 heavy (non-hydrogen) atoms. The van der Waals surface area contributed by atoms with Gasteiger partial charge in [0.05, 0.1) is 5.69 Å². The van der Waals surface area contributed by atoms with Gasteiger partial charge in [-0.05, 0) is 55.3 Å².